The van der Waals surface area contributed by atoms with Crippen molar-refractivity contribution in [3.8, 4) is 0 Å². The molecule has 2 aromatic carbocycles. The topological polar surface area (TPSA) is 65.6 Å². The second-order valence-electron chi connectivity index (χ2n) is 6.93. The summed E-state index contributed by atoms with van der Waals surface area (Å²) in [6.45, 7) is 4.58. The van der Waals surface area contributed by atoms with Gasteiger partial charge in [-0.15, -0.1) is 13.3 Å². The van der Waals surface area contributed by atoms with Crippen molar-refractivity contribution in [1.82, 2.24) is 9.80 Å². The first kappa shape index (κ1) is 26.3. The number of anilines is 2. The van der Waals surface area contributed by atoms with Crippen molar-refractivity contribution in [2.24, 2.45) is 0 Å². The van der Waals surface area contributed by atoms with Gasteiger partial charge >= 0.3 is 52.7 Å². The molecule has 0 radical (unpaired) electrons. The van der Waals surface area contributed by atoms with Gasteiger partial charge in [0.15, 0.2) is 0 Å². The zero-order valence-electron chi connectivity index (χ0n) is 18.3. The first-order valence-corrected chi connectivity index (χ1v) is 16.9. The van der Waals surface area contributed by atoms with Crippen molar-refractivity contribution >= 4 is 50.2 Å². The van der Waals surface area contributed by atoms with Gasteiger partial charge in [-0.1, -0.05) is 0 Å². The predicted octanol–water partition coefficient (Wildman–Crippen LogP) is 5.03. The molecule has 0 amide bonds. The fourth-order valence-electron chi connectivity index (χ4n) is 3.22. The van der Waals surface area contributed by atoms with Crippen LogP contribution in [0.1, 0.15) is 20.7 Å². The number of methoxy groups -OCH3 is 2. The average Bonchev–Trinajstić information content (AvgIpc) is 3.54. The monoisotopic (exact) mass is 682 g/mol. The Morgan fingerprint density at radius 1 is 0.735 bits per heavy atom. The van der Waals surface area contributed by atoms with Crippen LogP contribution < -0.4 is 9.80 Å². The normalized spacial score (nSPS) is 14.4. The van der Waals surface area contributed by atoms with Crippen molar-refractivity contribution < 1.29 is 33.0 Å². The van der Waals surface area contributed by atoms with E-state index in [0.717, 1.165) is 11.4 Å². The van der Waals surface area contributed by atoms with Crippen molar-refractivity contribution in [2.45, 2.75) is 0 Å². The summed E-state index contributed by atoms with van der Waals surface area (Å²) in [5.74, 6) is -0.704. The van der Waals surface area contributed by atoms with E-state index in [2.05, 4.69) is 26.9 Å². The number of carbonyl (C=O) groups is 2. The second kappa shape index (κ2) is 13.0. The Hall–Kier alpha value is -2.32. The van der Waals surface area contributed by atoms with Crippen LogP contribution in [0.5, 0.6) is 0 Å². The summed E-state index contributed by atoms with van der Waals surface area (Å²) >= 11 is 6.80. The van der Waals surface area contributed by atoms with Gasteiger partial charge in [0, 0.05) is 18.0 Å². The molecule has 0 aliphatic carbocycles. The van der Waals surface area contributed by atoms with Gasteiger partial charge in [-0.05, 0) is 73.3 Å². The molecule has 11 heteroatoms. The Kier molecular flexibility index (Phi) is 10.0. The molecule has 184 valence electrons. The Balaban J connectivity index is 0.00000103. The van der Waals surface area contributed by atoms with Crippen molar-refractivity contribution in [3.05, 3.63) is 97.8 Å². The number of hydrogen-bond acceptors (Lipinski definition) is 8. The van der Waals surface area contributed by atoms with Crippen LogP contribution in [0.15, 0.2) is 73.3 Å². The van der Waals surface area contributed by atoms with Crippen LogP contribution in [0.2, 0.25) is 0 Å². The molecule has 34 heavy (non-hydrogen) atoms. The molecule has 2 heterocycles. The molecule has 4 rings (SSSR count). The van der Waals surface area contributed by atoms with Gasteiger partial charge < -0.3 is 29.1 Å². The van der Waals surface area contributed by atoms with Gasteiger partial charge in [-0.2, -0.15) is 0 Å². The number of nitrogens with zero attached hydrogens (tertiary/aromatic N) is 4. The fraction of sp³-hybridized carbons (Fsp3) is 0.130. The summed E-state index contributed by atoms with van der Waals surface area (Å²) < 4.78 is 9.47. The summed E-state index contributed by atoms with van der Waals surface area (Å²) in [6.07, 6.45) is 7.86. The quantitative estimate of drug-likeness (QED) is 0.239. The van der Waals surface area contributed by atoms with E-state index < -0.39 is 0 Å². The summed E-state index contributed by atoms with van der Waals surface area (Å²) in [5, 5.41) is 0. The van der Waals surface area contributed by atoms with E-state index in [-0.39, 0.29) is 11.9 Å². The summed E-state index contributed by atoms with van der Waals surface area (Å²) in [7, 11) is 2.74. The fourth-order valence-corrected chi connectivity index (χ4v) is 3.22. The molecule has 0 atom stereocenters. The van der Waals surface area contributed by atoms with Crippen LogP contribution in [0.4, 0.5) is 11.4 Å². The van der Waals surface area contributed by atoms with E-state index in [1.165, 1.54) is 14.2 Å². The molecule has 2 aliphatic rings. The second-order valence-corrected chi connectivity index (χ2v) is 14.1. The van der Waals surface area contributed by atoms with Gasteiger partial charge in [0.1, 0.15) is 0 Å². The number of esters is 2. The molecule has 0 aromatic heterocycles. The third kappa shape index (κ3) is 6.86. The molecular formula is C23H22Br2N4O4Pd-2. The molecule has 0 bridgehead atoms. The van der Waals surface area contributed by atoms with Crippen LogP contribution in [0, 0.1) is 13.3 Å². The van der Waals surface area contributed by atoms with Crippen LogP contribution in [-0.4, -0.2) is 42.6 Å². The Morgan fingerprint density at radius 2 is 1.09 bits per heavy atom. The van der Waals surface area contributed by atoms with Gasteiger partial charge in [0.2, 0.25) is 0 Å². The zero-order valence-corrected chi connectivity index (χ0v) is 23.0. The third-order valence-corrected chi connectivity index (χ3v) is 4.88. The first-order chi connectivity index (χ1) is 16.5. The maximum atomic E-state index is 11.6. The molecular weight excluding hydrogens is 663 g/mol. The molecule has 2 aromatic rings. The van der Waals surface area contributed by atoms with E-state index in [0.29, 0.717) is 31.7 Å². The number of rotatable bonds is 6. The van der Waals surface area contributed by atoms with Crippen LogP contribution in [0.3, 0.4) is 0 Å². The minimum atomic E-state index is -0.352. The van der Waals surface area contributed by atoms with E-state index in [1.807, 2.05) is 82.0 Å². The predicted molar refractivity (Wildman–Crippen MR) is 134 cm³/mol. The molecule has 0 unspecified atom stereocenters. The molecule has 0 fully saturated rings. The van der Waals surface area contributed by atoms with Crippen molar-refractivity contribution in [1.29, 1.82) is 0 Å². The average molecular weight is 685 g/mol. The van der Waals surface area contributed by atoms with Gasteiger partial charge in [0.25, 0.3) is 0 Å². The minimum absolute atomic E-state index is 0.352. The number of hydrogen-bond donors (Lipinski definition) is 0. The summed E-state index contributed by atoms with van der Waals surface area (Å²) in [4.78, 5) is 31.2. The number of benzene rings is 2. The number of carbonyl (C=O) groups excluding carboxylic acids is 2. The van der Waals surface area contributed by atoms with Crippen molar-refractivity contribution in [2.75, 3.05) is 30.7 Å². The van der Waals surface area contributed by atoms with E-state index >= 15 is 0 Å². The van der Waals surface area contributed by atoms with Crippen LogP contribution >= 0.6 is 26.9 Å². The van der Waals surface area contributed by atoms with E-state index in [4.69, 9.17) is 9.47 Å². The van der Waals surface area contributed by atoms with Crippen LogP contribution in [0.25, 0.3) is 0 Å². The Morgan fingerprint density at radius 3 is 1.41 bits per heavy atom. The maximum absolute atomic E-state index is 11.6. The van der Waals surface area contributed by atoms with Gasteiger partial charge in [-0.25, -0.2) is 9.59 Å². The first-order valence-electron chi connectivity index (χ1n) is 9.83. The third-order valence-electron chi connectivity index (χ3n) is 4.88. The molecule has 0 saturated heterocycles. The van der Waals surface area contributed by atoms with Crippen LogP contribution in [-0.2, 0) is 23.4 Å². The van der Waals surface area contributed by atoms with Crippen molar-refractivity contribution in [3.63, 3.8) is 0 Å². The molecule has 0 spiro atoms. The SMILES string of the molecule is COC(=O)c1ccc(N2C=CN(CN3C=CN(c4ccc(C(=O)OC)cc4)[CH-]3)[CH-]2)cc1.[Br][Pd][Br]. The summed E-state index contributed by atoms with van der Waals surface area (Å²) in [6, 6.07) is 14.5. The number of halogens is 2. The number of ether oxygens (including phenoxy) is 2. The molecule has 0 saturated carbocycles. The molecule has 0 N–H and O–H groups in total. The summed E-state index contributed by atoms with van der Waals surface area (Å²) in [5.41, 5.74) is 2.92. The van der Waals surface area contributed by atoms with Gasteiger partial charge in [0.05, 0.1) is 25.3 Å². The Labute approximate surface area is 220 Å². The Bertz CT molecular complexity index is 953. The van der Waals surface area contributed by atoms with Gasteiger partial charge in [-0.3, -0.25) is 0 Å². The molecule has 8 nitrogen and oxygen atoms in total. The molecule has 2 aliphatic heterocycles. The van der Waals surface area contributed by atoms with E-state index in [1.54, 1.807) is 24.3 Å². The zero-order chi connectivity index (χ0) is 24.5. The van der Waals surface area contributed by atoms with E-state index in [9.17, 15) is 9.59 Å². The standard InChI is InChI=1S/C23H22N4O4.2BrH.Pd/c1-30-22(28)18-3-7-20(8-4-18)26-13-11-24(16-26)15-25-12-14-27(17-25)21-9-5-19(6-10-21)23(29)31-2;;;/h3-14,16-17H,15H2,1-2H3;2*1H;/q-2;;;+2/p-2.